The van der Waals surface area contributed by atoms with Gasteiger partial charge in [-0.05, 0) is 36.8 Å². The van der Waals surface area contributed by atoms with Crippen molar-refractivity contribution in [3.63, 3.8) is 0 Å². The number of nitrogens with two attached hydrogens (primary N) is 1. The minimum Gasteiger partial charge on any atom is -0.497 e. The monoisotopic (exact) mass is 291 g/mol. The standard InChI is InChI=1S/C16H18FNOS/c1-11(18)16(12-7-9-13(19-2)10-8-12)20-15-6-4-3-5-14(15)17/h3-11,16H,18H2,1-2H3. The fourth-order valence-corrected chi connectivity index (χ4v) is 3.07. The third-order valence-electron chi connectivity index (χ3n) is 3.01. The normalized spacial score (nSPS) is 13.8. The van der Waals surface area contributed by atoms with Gasteiger partial charge in [0.2, 0.25) is 0 Å². The minimum absolute atomic E-state index is 0.00203. The molecule has 0 saturated carbocycles. The van der Waals surface area contributed by atoms with Gasteiger partial charge in [-0.2, -0.15) is 0 Å². The Balaban J connectivity index is 2.25. The number of rotatable bonds is 5. The smallest absolute Gasteiger partial charge is 0.136 e. The van der Waals surface area contributed by atoms with Crippen molar-refractivity contribution in [3.8, 4) is 5.75 Å². The van der Waals surface area contributed by atoms with Crippen LogP contribution in [0.25, 0.3) is 0 Å². The molecule has 2 atom stereocenters. The lowest BCUT2D eigenvalue weighted by Crippen LogP contribution is -2.22. The summed E-state index contributed by atoms with van der Waals surface area (Å²) in [5.41, 5.74) is 7.13. The first-order valence-electron chi connectivity index (χ1n) is 6.42. The molecule has 0 aromatic heterocycles. The first-order valence-corrected chi connectivity index (χ1v) is 7.30. The predicted octanol–water partition coefficient (Wildman–Crippen LogP) is 4.01. The summed E-state index contributed by atoms with van der Waals surface area (Å²) in [5, 5.41) is -0.00203. The van der Waals surface area contributed by atoms with Crippen molar-refractivity contribution in [3.05, 3.63) is 59.9 Å². The molecule has 2 aromatic carbocycles. The summed E-state index contributed by atoms with van der Waals surface area (Å²) in [6.45, 7) is 1.93. The van der Waals surface area contributed by atoms with Crippen LogP contribution in [-0.2, 0) is 0 Å². The van der Waals surface area contributed by atoms with Crippen LogP contribution in [0.4, 0.5) is 4.39 Å². The summed E-state index contributed by atoms with van der Waals surface area (Å²) >= 11 is 1.45. The van der Waals surface area contributed by atoms with Gasteiger partial charge in [0.1, 0.15) is 11.6 Å². The maximum Gasteiger partial charge on any atom is 0.136 e. The molecule has 2 unspecified atom stereocenters. The number of hydrogen-bond acceptors (Lipinski definition) is 3. The molecule has 20 heavy (non-hydrogen) atoms. The van der Waals surface area contributed by atoms with Crippen molar-refractivity contribution in [2.75, 3.05) is 7.11 Å². The van der Waals surface area contributed by atoms with Crippen LogP contribution in [0.3, 0.4) is 0 Å². The van der Waals surface area contributed by atoms with Crippen LogP contribution < -0.4 is 10.5 Å². The Morgan fingerprint density at radius 1 is 1.10 bits per heavy atom. The molecule has 0 amide bonds. The van der Waals surface area contributed by atoms with Gasteiger partial charge in [0.15, 0.2) is 0 Å². The fraction of sp³-hybridized carbons (Fsp3) is 0.250. The van der Waals surface area contributed by atoms with Crippen LogP contribution in [0.2, 0.25) is 0 Å². The summed E-state index contributed by atoms with van der Waals surface area (Å²) in [4.78, 5) is 0.616. The molecule has 106 valence electrons. The van der Waals surface area contributed by atoms with E-state index in [0.29, 0.717) is 4.90 Å². The average Bonchev–Trinajstić information content (AvgIpc) is 2.46. The van der Waals surface area contributed by atoms with E-state index in [2.05, 4.69) is 0 Å². The summed E-state index contributed by atoms with van der Waals surface area (Å²) in [7, 11) is 1.63. The van der Waals surface area contributed by atoms with Crippen molar-refractivity contribution in [2.45, 2.75) is 23.1 Å². The molecule has 0 aliphatic rings. The maximum absolute atomic E-state index is 13.8. The van der Waals surface area contributed by atoms with Crippen molar-refractivity contribution in [1.29, 1.82) is 0 Å². The molecule has 2 aromatic rings. The number of halogens is 1. The fourth-order valence-electron chi connectivity index (χ4n) is 1.95. The number of methoxy groups -OCH3 is 1. The zero-order valence-corrected chi connectivity index (χ0v) is 12.4. The molecular formula is C16H18FNOS. The Kier molecular flexibility index (Phi) is 5.04. The molecule has 0 aliphatic heterocycles. The van der Waals surface area contributed by atoms with Crippen molar-refractivity contribution in [1.82, 2.24) is 0 Å². The van der Waals surface area contributed by atoms with E-state index in [4.69, 9.17) is 10.5 Å². The summed E-state index contributed by atoms with van der Waals surface area (Å²) in [6.07, 6.45) is 0. The molecule has 0 heterocycles. The highest BCUT2D eigenvalue weighted by atomic mass is 32.2. The molecule has 2 rings (SSSR count). The second kappa shape index (κ2) is 6.77. The first-order chi connectivity index (χ1) is 9.61. The third kappa shape index (κ3) is 3.52. The van der Waals surface area contributed by atoms with E-state index in [9.17, 15) is 4.39 Å². The van der Waals surface area contributed by atoms with Gasteiger partial charge in [-0.1, -0.05) is 24.3 Å². The Morgan fingerprint density at radius 3 is 2.30 bits per heavy atom. The highest BCUT2D eigenvalue weighted by Gasteiger charge is 2.19. The number of thioether (sulfide) groups is 1. The van der Waals surface area contributed by atoms with Crippen LogP contribution in [0, 0.1) is 5.82 Å². The van der Waals surface area contributed by atoms with Gasteiger partial charge in [-0.15, -0.1) is 11.8 Å². The molecule has 0 fully saturated rings. The van der Waals surface area contributed by atoms with Gasteiger partial charge in [-0.3, -0.25) is 0 Å². The van der Waals surface area contributed by atoms with Crippen molar-refractivity contribution < 1.29 is 9.13 Å². The van der Waals surface area contributed by atoms with Crippen LogP contribution in [-0.4, -0.2) is 13.2 Å². The van der Waals surface area contributed by atoms with E-state index in [1.54, 1.807) is 19.2 Å². The van der Waals surface area contributed by atoms with E-state index < -0.39 is 0 Å². The highest BCUT2D eigenvalue weighted by molar-refractivity contribution is 7.99. The van der Waals surface area contributed by atoms with E-state index in [-0.39, 0.29) is 17.1 Å². The summed E-state index contributed by atoms with van der Waals surface area (Å²) in [6, 6.07) is 14.4. The lowest BCUT2D eigenvalue weighted by Gasteiger charge is -2.21. The van der Waals surface area contributed by atoms with Gasteiger partial charge < -0.3 is 10.5 Å². The molecule has 0 bridgehead atoms. The highest BCUT2D eigenvalue weighted by Crippen LogP contribution is 2.38. The Morgan fingerprint density at radius 2 is 1.75 bits per heavy atom. The predicted molar refractivity (Wildman–Crippen MR) is 81.6 cm³/mol. The molecule has 4 heteroatoms. The number of benzene rings is 2. The minimum atomic E-state index is -0.211. The zero-order valence-electron chi connectivity index (χ0n) is 11.5. The third-order valence-corrected chi connectivity index (χ3v) is 4.55. The quantitative estimate of drug-likeness (QED) is 0.845. The van der Waals surface area contributed by atoms with E-state index in [1.807, 2.05) is 37.3 Å². The van der Waals surface area contributed by atoms with Crippen LogP contribution in [0.1, 0.15) is 17.7 Å². The molecule has 0 saturated heterocycles. The molecule has 0 spiro atoms. The van der Waals surface area contributed by atoms with Crippen molar-refractivity contribution in [2.24, 2.45) is 5.73 Å². The second-order valence-corrected chi connectivity index (χ2v) is 5.78. The largest absolute Gasteiger partial charge is 0.497 e. The van der Waals surface area contributed by atoms with E-state index >= 15 is 0 Å². The lowest BCUT2D eigenvalue weighted by atomic mass is 10.1. The maximum atomic E-state index is 13.8. The topological polar surface area (TPSA) is 35.2 Å². The van der Waals surface area contributed by atoms with Crippen LogP contribution in [0.15, 0.2) is 53.4 Å². The Bertz CT molecular complexity index is 557. The first kappa shape index (κ1) is 14.9. The van der Waals surface area contributed by atoms with Crippen LogP contribution in [0.5, 0.6) is 5.75 Å². The van der Waals surface area contributed by atoms with Gasteiger partial charge in [-0.25, -0.2) is 4.39 Å². The zero-order chi connectivity index (χ0) is 14.5. The van der Waals surface area contributed by atoms with E-state index in [1.165, 1.54) is 17.8 Å². The Hall–Kier alpha value is -1.52. The van der Waals surface area contributed by atoms with Crippen LogP contribution >= 0.6 is 11.8 Å². The molecule has 0 aliphatic carbocycles. The molecule has 2 N–H and O–H groups in total. The van der Waals surface area contributed by atoms with E-state index in [0.717, 1.165) is 11.3 Å². The van der Waals surface area contributed by atoms with Gasteiger partial charge in [0.25, 0.3) is 0 Å². The average molecular weight is 291 g/mol. The molecule has 0 radical (unpaired) electrons. The van der Waals surface area contributed by atoms with Gasteiger partial charge in [0, 0.05) is 16.2 Å². The SMILES string of the molecule is COc1ccc(C(Sc2ccccc2F)C(C)N)cc1. The number of hydrogen-bond donors (Lipinski definition) is 1. The molecule has 2 nitrogen and oxygen atoms in total. The summed E-state index contributed by atoms with van der Waals surface area (Å²) in [5.74, 6) is 0.588. The summed E-state index contributed by atoms with van der Waals surface area (Å²) < 4.78 is 18.9. The van der Waals surface area contributed by atoms with Gasteiger partial charge in [0.05, 0.1) is 7.11 Å². The van der Waals surface area contributed by atoms with Crippen molar-refractivity contribution >= 4 is 11.8 Å². The number of ether oxygens (including phenoxy) is 1. The Labute approximate surface area is 123 Å². The second-order valence-electron chi connectivity index (χ2n) is 4.60. The molecular weight excluding hydrogens is 273 g/mol. The van der Waals surface area contributed by atoms with Gasteiger partial charge >= 0.3 is 0 Å². The lowest BCUT2D eigenvalue weighted by molar-refractivity contribution is 0.414.